The maximum Gasteiger partial charge on any atom is 0.341 e. The third kappa shape index (κ3) is 3.67. The van der Waals surface area contributed by atoms with Gasteiger partial charge in [0.15, 0.2) is 0 Å². The summed E-state index contributed by atoms with van der Waals surface area (Å²) >= 11 is 5.65. The molecule has 0 atom stereocenters. The van der Waals surface area contributed by atoms with Crippen molar-refractivity contribution in [3.8, 4) is 5.75 Å². The smallest absolute Gasteiger partial charge is 0.341 e. The van der Waals surface area contributed by atoms with E-state index in [0.29, 0.717) is 19.6 Å². The van der Waals surface area contributed by atoms with Crippen LogP contribution in [0.15, 0.2) is 12.3 Å². The van der Waals surface area contributed by atoms with Crippen molar-refractivity contribution in [3.05, 3.63) is 23.0 Å². The van der Waals surface area contributed by atoms with Crippen LogP contribution in [0, 0.1) is 0 Å². The van der Waals surface area contributed by atoms with Gasteiger partial charge in [-0.05, 0) is 0 Å². The molecule has 5 nitrogen and oxygen atoms in total. The van der Waals surface area contributed by atoms with Gasteiger partial charge in [0.1, 0.15) is 16.5 Å². The molecule has 0 fully saturated rings. The van der Waals surface area contributed by atoms with Crippen molar-refractivity contribution < 1.29 is 19.4 Å². The molecule has 0 spiro atoms. The van der Waals surface area contributed by atoms with Gasteiger partial charge >= 0.3 is 5.97 Å². The zero-order valence-electron chi connectivity index (χ0n) is 8.77. The number of hydrogen-bond donors (Lipinski definition) is 1. The maximum atomic E-state index is 10.8. The van der Waals surface area contributed by atoms with Crippen LogP contribution in [0.3, 0.4) is 0 Å². The zero-order valence-corrected chi connectivity index (χ0v) is 9.53. The first-order chi connectivity index (χ1) is 7.65. The monoisotopic (exact) mass is 245 g/mol. The van der Waals surface area contributed by atoms with Crippen molar-refractivity contribution >= 4 is 17.6 Å². The molecule has 88 valence electrons. The van der Waals surface area contributed by atoms with E-state index in [2.05, 4.69) is 4.98 Å². The first-order valence-corrected chi connectivity index (χ1v) is 5.03. The second-order valence-electron chi connectivity index (χ2n) is 3.00. The van der Waals surface area contributed by atoms with Crippen LogP contribution in [0.2, 0.25) is 5.15 Å². The number of nitrogens with zero attached hydrogens (tertiary/aromatic N) is 1. The van der Waals surface area contributed by atoms with Crippen molar-refractivity contribution in [1.82, 2.24) is 4.98 Å². The van der Waals surface area contributed by atoms with Crippen molar-refractivity contribution in [2.45, 2.75) is 6.42 Å². The molecule has 0 aromatic carbocycles. The Labute approximate surface area is 98.0 Å². The van der Waals surface area contributed by atoms with Gasteiger partial charge in [-0.1, -0.05) is 11.6 Å². The predicted octanol–water partition coefficient (Wildman–Crippen LogP) is 1.85. The molecule has 1 aromatic rings. The predicted molar refractivity (Wildman–Crippen MR) is 58.2 cm³/mol. The largest absolute Gasteiger partial charge is 0.492 e. The summed E-state index contributed by atoms with van der Waals surface area (Å²) in [6, 6.07) is 1.39. The van der Waals surface area contributed by atoms with Crippen molar-refractivity contribution in [3.63, 3.8) is 0 Å². The summed E-state index contributed by atoms with van der Waals surface area (Å²) in [6.07, 6.45) is 1.85. The van der Waals surface area contributed by atoms with Crippen LogP contribution >= 0.6 is 11.6 Å². The first kappa shape index (κ1) is 12.7. The summed E-state index contributed by atoms with van der Waals surface area (Å²) < 4.78 is 10.1. The highest BCUT2D eigenvalue weighted by Crippen LogP contribution is 2.21. The standard InChI is InChI=1S/C10H12ClNO4/c1-15-3-2-4-16-8-5-9(11)12-6-7(8)10(13)14/h5-6H,2-4H2,1H3,(H,13,14). The molecule has 0 aliphatic heterocycles. The fraction of sp³-hybridized carbons (Fsp3) is 0.400. The summed E-state index contributed by atoms with van der Waals surface area (Å²) in [5.74, 6) is -0.866. The number of carboxylic acids is 1. The van der Waals surface area contributed by atoms with E-state index >= 15 is 0 Å². The highest BCUT2D eigenvalue weighted by Gasteiger charge is 2.12. The molecular weight excluding hydrogens is 234 g/mol. The van der Waals surface area contributed by atoms with E-state index in [1.165, 1.54) is 12.3 Å². The number of methoxy groups -OCH3 is 1. The van der Waals surface area contributed by atoms with Crippen LogP contribution < -0.4 is 4.74 Å². The first-order valence-electron chi connectivity index (χ1n) is 4.65. The highest BCUT2D eigenvalue weighted by atomic mass is 35.5. The lowest BCUT2D eigenvalue weighted by Gasteiger charge is -2.08. The fourth-order valence-electron chi connectivity index (χ4n) is 1.08. The number of rotatable bonds is 6. The van der Waals surface area contributed by atoms with Crippen LogP contribution in [0.1, 0.15) is 16.8 Å². The maximum absolute atomic E-state index is 10.8. The topological polar surface area (TPSA) is 68.7 Å². The summed E-state index contributed by atoms with van der Waals surface area (Å²) in [7, 11) is 1.59. The van der Waals surface area contributed by atoms with E-state index in [1.807, 2.05) is 0 Å². The van der Waals surface area contributed by atoms with Gasteiger partial charge in [0.2, 0.25) is 0 Å². The van der Waals surface area contributed by atoms with Crippen LogP contribution in [0.5, 0.6) is 5.75 Å². The van der Waals surface area contributed by atoms with E-state index in [4.69, 9.17) is 26.2 Å². The number of aromatic carboxylic acids is 1. The SMILES string of the molecule is COCCCOc1cc(Cl)ncc1C(=O)O. The molecule has 0 saturated carbocycles. The Morgan fingerprint density at radius 2 is 2.31 bits per heavy atom. The van der Waals surface area contributed by atoms with Gasteiger partial charge in [0.25, 0.3) is 0 Å². The lowest BCUT2D eigenvalue weighted by molar-refractivity contribution is 0.0691. The second kappa shape index (κ2) is 6.30. The number of aromatic nitrogens is 1. The number of hydrogen-bond acceptors (Lipinski definition) is 4. The highest BCUT2D eigenvalue weighted by molar-refractivity contribution is 6.29. The van der Waals surface area contributed by atoms with Crippen LogP contribution in [0.25, 0.3) is 0 Å². The van der Waals surface area contributed by atoms with Gasteiger partial charge in [0.05, 0.1) is 6.61 Å². The van der Waals surface area contributed by atoms with Crippen molar-refractivity contribution in [2.24, 2.45) is 0 Å². The zero-order chi connectivity index (χ0) is 12.0. The number of pyridine rings is 1. The lowest BCUT2D eigenvalue weighted by Crippen LogP contribution is -2.06. The second-order valence-corrected chi connectivity index (χ2v) is 3.39. The number of ether oxygens (including phenoxy) is 2. The molecule has 0 saturated heterocycles. The summed E-state index contributed by atoms with van der Waals surface area (Å²) in [4.78, 5) is 14.5. The van der Waals surface area contributed by atoms with Crippen molar-refractivity contribution in [1.29, 1.82) is 0 Å². The van der Waals surface area contributed by atoms with Crippen LogP contribution in [-0.2, 0) is 4.74 Å². The Bertz CT molecular complexity index is 370. The summed E-state index contributed by atoms with van der Waals surface area (Å²) in [5, 5.41) is 9.07. The molecule has 1 N–H and O–H groups in total. The fourth-order valence-corrected chi connectivity index (χ4v) is 1.23. The Balaban J connectivity index is 2.68. The number of carbonyl (C=O) groups is 1. The summed E-state index contributed by atoms with van der Waals surface area (Å²) in [6.45, 7) is 0.926. The molecular formula is C10H12ClNO4. The van der Waals surface area contributed by atoms with Crippen LogP contribution in [0.4, 0.5) is 0 Å². The number of carboxylic acid groups (broad SMARTS) is 1. The minimum absolute atomic E-state index is 0.00168. The van der Waals surface area contributed by atoms with Crippen molar-refractivity contribution in [2.75, 3.05) is 20.3 Å². The van der Waals surface area contributed by atoms with E-state index in [0.717, 1.165) is 0 Å². The molecule has 0 radical (unpaired) electrons. The van der Waals surface area contributed by atoms with E-state index in [1.54, 1.807) is 7.11 Å². The molecule has 0 bridgehead atoms. The minimum atomic E-state index is -1.09. The molecule has 0 aliphatic carbocycles. The quantitative estimate of drug-likeness (QED) is 0.612. The van der Waals surface area contributed by atoms with E-state index < -0.39 is 5.97 Å². The average molecular weight is 246 g/mol. The van der Waals surface area contributed by atoms with Crippen LogP contribution in [-0.4, -0.2) is 36.4 Å². The Kier molecular flexibility index (Phi) is 5.01. The van der Waals surface area contributed by atoms with Gasteiger partial charge < -0.3 is 14.6 Å². The van der Waals surface area contributed by atoms with Gasteiger partial charge in [0, 0.05) is 32.4 Å². The molecule has 6 heteroatoms. The Hall–Kier alpha value is -1.33. The molecule has 0 aliphatic rings. The number of halogens is 1. The Morgan fingerprint density at radius 3 is 2.94 bits per heavy atom. The van der Waals surface area contributed by atoms with E-state index in [-0.39, 0.29) is 16.5 Å². The van der Waals surface area contributed by atoms with E-state index in [9.17, 15) is 4.79 Å². The third-order valence-electron chi connectivity index (χ3n) is 1.81. The molecule has 1 aromatic heterocycles. The molecule has 1 heterocycles. The molecule has 1 rings (SSSR count). The van der Waals surface area contributed by atoms with Gasteiger partial charge in [-0.25, -0.2) is 9.78 Å². The lowest BCUT2D eigenvalue weighted by atomic mass is 10.2. The summed E-state index contributed by atoms with van der Waals surface area (Å²) in [5.41, 5.74) is 0.00168. The normalized spacial score (nSPS) is 10.1. The van der Waals surface area contributed by atoms with Gasteiger partial charge in [-0.3, -0.25) is 0 Å². The molecule has 0 amide bonds. The third-order valence-corrected chi connectivity index (χ3v) is 2.02. The average Bonchev–Trinajstić information content (AvgIpc) is 2.24. The molecule has 0 unspecified atom stereocenters. The van der Waals surface area contributed by atoms with Gasteiger partial charge in [-0.2, -0.15) is 0 Å². The minimum Gasteiger partial charge on any atom is -0.492 e. The Morgan fingerprint density at radius 1 is 1.56 bits per heavy atom. The molecule has 16 heavy (non-hydrogen) atoms. The van der Waals surface area contributed by atoms with Gasteiger partial charge in [-0.15, -0.1) is 0 Å².